The molecule has 72 valence electrons. The lowest BCUT2D eigenvalue weighted by atomic mass is 9.80. The fraction of sp³-hybridized carbons (Fsp3) is 0.818. The van der Waals surface area contributed by atoms with Crippen LogP contribution in [-0.2, 0) is 4.74 Å². The maximum absolute atomic E-state index is 5.00. The smallest absolute Gasteiger partial charge is 0.0465 e. The monoisotopic (exact) mass is 170 g/mol. The number of hydrogen-bond acceptors (Lipinski definition) is 1. The van der Waals surface area contributed by atoms with E-state index in [1.807, 2.05) is 0 Å². The highest BCUT2D eigenvalue weighted by Crippen LogP contribution is 2.31. The predicted octanol–water partition coefficient (Wildman–Crippen LogP) is 3.41. The van der Waals surface area contributed by atoms with Gasteiger partial charge in [-0.25, -0.2) is 0 Å². The summed E-state index contributed by atoms with van der Waals surface area (Å²) in [6.45, 7) is 11.7. The first-order chi connectivity index (χ1) is 5.54. The molecule has 0 bridgehead atoms. The van der Waals surface area contributed by atoms with Crippen LogP contribution in [0.2, 0.25) is 0 Å². The summed E-state index contributed by atoms with van der Waals surface area (Å²) in [5, 5.41) is 0. The van der Waals surface area contributed by atoms with Crippen molar-refractivity contribution in [2.24, 2.45) is 5.41 Å². The maximum Gasteiger partial charge on any atom is 0.0465 e. The van der Waals surface area contributed by atoms with Crippen LogP contribution in [-0.4, -0.2) is 13.7 Å². The van der Waals surface area contributed by atoms with Gasteiger partial charge in [-0.3, -0.25) is 0 Å². The summed E-state index contributed by atoms with van der Waals surface area (Å²) < 4.78 is 5.00. The van der Waals surface area contributed by atoms with Gasteiger partial charge in [0.1, 0.15) is 0 Å². The van der Waals surface area contributed by atoms with Gasteiger partial charge in [-0.2, -0.15) is 0 Å². The summed E-state index contributed by atoms with van der Waals surface area (Å²) in [4.78, 5) is 0. The number of ether oxygens (including phenoxy) is 1. The van der Waals surface area contributed by atoms with Crippen molar-refractivity contribution in [1.29, 1.82) is 0 Å². The first-order valence-electron chi connectivity index (χ1n) is 4.71. The second-order valence-corrected chi connectivity index (χ2v) is 3.94. The second kappa shape index (κ2) is 5.36. The van der Waals surface area contributed by atoms with Crippen LogP contribution in [0, 0.1) is 5.41 Å². The first kappa shape index (κ1) is 11.7. The summed E-state index contributed by atoms with van der Waals surface area (Å²) >= 11 is 0. The van der Waals surface area contributed by atoms with Crippen LogP contribution in [0.5, 0.6) is 0 Å². The molecule has 0 amide bonds. The van der Waals surface area contributed by atoms with Crippen LogP contribution >= 0.6 is 0 Å². The fourth-order valence-electron chi connectivity index (χ4n) is 1.02. The quantitative estimate of drug-likeness (QED) is 0.438. The van der Waals surface area contributed by atoms with Crippen LogP contribution in [0.25, 0.3) is 0 Å². The van der Waals surface area contributed by atoms with Crippen molar-refractivity contribution in [3.8, 4) is 0 Å². The summed E-state index contributed by atoms with van der Waals surface area (Å²) in [6.07, 6.45) is 3.35. The SMILES string of the molecule is C=C(CCCOC)C(C)(C)CC. The van der Waals surface area contributed by atoms with Gasteiger partial charge in [-0.15, -0.1) is 0 Å². The van der Waals surface area contributed by atoms with E-state index in [1.165, 1.54) is 12.0 Å². The standard InChI is InChI=1S/C11H22O/c1-6-11(3,4)10(2)8-7-9-12-5/h2,6-9H2,1,3-5H3. The molecule has 1 heteroatoms. The van der Waals surface area contributed by atoms with Crippen molar-refractivity contribution >= 4 is 0 Å². The van der Waals surface area contributed by atoms with Crippen molar-refractivity contribution in [2.45, 2.75) is 40.0 Å². The third-order valence-electron chi connectivity index (χ3n) is 2.67. The Balaban J connectivity index is 3.72. The highest BCUT2D eigenvalue weighted by atomic mass is 16.5. The van der Waals surface area contributed by atoms with E-state index in [9.17, 15) is 0 Å². The zero-order valence-electron chi connectivity index (χ0n) is 8.94. The topological polar surface area (TPSA) is 9.23 Å². The molecule has 0 aromatic rings. The van der Waals surface area contributed by atoms with E-state index in [0.717, 1.165) is 19.4 Å². The van der Waals surface area contributed by atoms with Gasteiger partial charge in [0.05, 0.1) is 0 Å². The molecule has 0 aromatic carbocycles. The number of allylic oxidation sites excluding steroid dienone is 1. The number of rotatable bonds is 6. The Labute approximate surface area is 76.8 Å². The molecular weight excluding hydrogens is 148 g/mol. The summed E-state index contributed by atoms with van der Waals surface area (Å²) in [7, 11) is 1.74. The van der Waals surface area contributed by atoms with Gasteiger partial charge in [0.25, 0.3) is 0 Å². The minimum Gasteiger partial charge on any atom is -0.385 e. The molecule has 0 atom stereocenters. The van der Waals surface area contributed by atoms with Crippen LogP contribution in [0.4, 0.5) is 0 Å². The van der Waals surface area contributed by atoms with E-state index in [-0.39, 0.29) is 0 Å². The maximum atomic E-state index is 5.00. The third kappa shape index (κ3) is 3.91. The lowest BCUT2D eigenvalue weighted by Crippen LogP contribution is -2.12. The average molecular weight is 170 g/mol. The van der Waals surface area contributed by atoms with Gasteiger partial charge in [-0.05, 0) is 24.7 Å². The molecule has 0 saturated heterocycles. The molecule has 0 aliphatic rings. The van der Waals surface area contributed by atoms with Crippen molar-refractivity contribution in [2.75, 3.05) is 13.7 Å². The Morgan fingerprint density at radius 3 is 2.42 bits per heavy atom. The molecule has 0 fully saturated rings. The van der Waals surface area contributed by atoms with Crippen LogP contribution < -0.4 is 0 Å². The predicted molar refractivity (Wildman–Crippen MR) is 54.3 cm³/mol. The molecule has 12 heavy (non-hydrogen) atoms. The highest BCUT2D eigenvalue weighted by molar-refractivity contribution is 5.06. The van der Waals surface area contributed by atoms with E-state index in [2.05, 4.69) is 27.4 Å². The summed E-state index contributed by atoms with van der Waals surface area (Å²) in [5.74, 6) is 0. The summed E-state index contributed by atoms with van der Waals surface area (Å²) in [5.41, 5.74) is 1.65. The fourth-order valence-corrected chi connectivity index (χ4v) is 1.02. The van der Waals surface area contributed by atoms with Crippen LogP contribution in [0.15, 0.2) is 12.2 Å². The van der Waals surface area contributed by atoms with Gasteiger partial charge < -0.3 is 4.74 Å². The van der Waals surface area contributed by atoms with E-state index >= 15 is 0 Å². The average Bonchev–Trinajstić information content (AvgIpc) is 2.05. The number of hydrogen-bond donors (Lipinski definition) is 0. The third-order valence-corrected chi connectivity index (χ3v) is 2.67. The van der Waals surface area contributed by atoms with E-state index in [0.29, 0.717) is 5.41 Å². The van der Waals surface area contributed by atoms with E-state index < -0.39 is 0 Å². The Morgan fingerprint density at radius 2 is 2.00 bits per heavy atom. The van der Waals surface area contributed by atoms with E-state index in [4.69, 9.17) is 4.74 Å². The van der Waals surface area contributed by atoms with Crippen molar-refractivity contribution in [3.05, 3.63) is 12.2 Å². The van der Waals surface area contributed by atoms with Crippen molar-refractivity contribution < 1.29 is 4.74 Å². The van der Waals surface area contributed by atoms with Gasteiger partial charge in [0.15, 0.2) is 0 Å². The zero-order chi connectivity index (χ0) is 9.61. The Morgan fingerprint density at radius 1 is 1.42 bits per heavy atom. The molecule has 0 aromatic heterocycles. The number of methoxy groups -OCH3 is 1. The Kier molecular flexibility index (Phi) is 5.23. The Bertz CT molecular complexity index is 136. The molecule has 0 aliphatic carbocycles. The van der Waals surface area contributed by atoms with Crippen LogP contribution in [0.3, 0.4) is 0 Å². The molecule has 0 heterocycles. The molecule has 0 rings (SSSR count). The van der Waals surface area contributed by atoms with E-state index in [1.54, 1.807) is 7.11 Å². The molecule has 0 unspecified atom stereocenters. The highest BCUT2D eigenvalue weighted by Gasteiger charge is 2.18. The molecule has 0 spiro atoms. The molecular formula is C11H22O. The molecule has 0 N–H and O–H groups in total. The van der Waals surface area contributed by atoms with Crippen molar-refractivity contribution in [1.82, 2.24) is 0 Å². The molecule has 0 aliphatic heterocycles. The van der Waals surface area contributed by atoms with Gasteiger partial charge >= 0.3 is 0 Å². The molecule has 0 saturated carbocycles. The summed E-state index contributed by atoms with van der Waals surface area (Å²) in [6, 6.07) is 0. The normalized spacial score (nSPS) is 11.7. The van der Waals surface area contributed by atoms with Gasteiger partial charge in [-0.1, -0.05) is 32.9 Å². The van der Waals surface area contributed by atoms with Gasteiger partial charge in [0.2, 0.25) is 0 Å². The minimum atomic E-state index is 0.299. The van der Waals surface area contributed by atoms with Crippen LogP contribution in [0.1, 0.15) is 40.0 Å². The molecule has 0 radical (unpaired) electrons. The minimum absolute atomic E-state index is 0.299. The lowest BCUT2D eigenvalue weighted by molar-refractivity contribution is 0.193. The van der Waals surface area contributed by atoms with Crippen molar-refractivity contribution in [3.63, 3.8) is 0 Å². The largest absolute Gasteiger partial charge is 0.385 e. The lowest BCUT2D eigenvalue weighted by Gasteiger charge is -2.25. The van der Waals surface area contributed by atoms with Gasteiger partial charge in [0, 0.05) is 13.7 Å². The second-order valence-electron chi connectivity index (χ2n) is 3.94. The Hall–Kier alpha value is -0.300. The zero-order valence-corrected chi connectivity index (χ0v) is 8.94. The first-order valence-corrected chi connectivity index (χ1v) is 4.71. The molecule has 1 nitrogen and oxygen atoms in total.